The Morgan fingerprint density at radius 3 is 2.96 bits per heavy atom. The molecule has 6 nitrogen and oxygen atoms in total. The molecule has 1 N–H and O–H groups in total. The predicted molar refractivity (Wildman–Crippen MR) is 105 cm³/mol. The summed E-state index contributed by atoms with van der Waals surface area (Å²) in [5.74, 6) is -0.0221. The Hall–Kier alpha value is -3.41. The zero-order chi connectivity index (χ0) is 18.6. The van der Waals surface area contributed by atoms with Crippen molar-refractivity contribution in [2.24, 2.45) is 0 Å². The number of aryl methyl sites for hydroxylation is 2. The summed E-state index contributed by atoms with van der Waals surface area (Å²) in [6, 6.07) is 14.1. The second-order valence-electron chi connectivity index (χ2n) is 6.66. The van der Waals surface area contributed by atoms with Gasteiger partial charge in [-0.15, -0.1) is 0 Å². The first-order valence-electron chi connectivity index (χ1n) is 8.94. The molecule has 2 aromatic carbocycles. The summed E-state index contributed by atoms with van der Waals surface area (Å²) >= 11 is 0. The van der Waals surface area contributed by atoms with Gasteiger partial charge in [-0.2, -0.15) is 5.10 Å². The minimum Gasteiger partial charge on any atom is -0.333 e. The summed E-state index contributed by atoms with van der Waals surface area (Å²) in [5.41, 5.74) is 4.16. The minimum absolute atomic E-state index is 0.0221. The minimum atomic E-state index is -0.0221. The van der Waals surface area contributed by atoms with E-state index in [-0.39, 0.29) is 5.91 Å². The summed E-state index contributed by atoms with van der Waals surface area (Å²) in [6.07, 6.45) is 7.66. The summed E-state index contributed by atoms with van der Waals surface area (Å²) in [6.45, 7) is 3.33. The number of carbonyl (C=O) groups excluding carboxylic acids is 1. The maximum Gasteiger partial charge on any atom is 0.226 e. The third-order valence-corrected chi connectivity index (χ3v) is 4.49. The number of amides is 1. The smallest absolute Gasteiger partial charge is 0.226 e. The lowest BCUT2D eigenvalue weighted by Crippen LogP contribution is -2.15. The van der Waals surface area contributed by atoms with Gasteiger partial charge in [-0.1, -0.05) is 24.3 Å². The summed E-state index contributed by atoms with van der Waals surface area (Å²) in [5, 5.41) is 8.47. The average molecular weight is 359 g/mol. The van der Waals surface area contributed by atoms with Gasteiger partial charge < -0.3 is 9.88 Å². The van der Waals surface area contributed by atoms with Crippen LogP contribution in [0.3, 0.4) is 0 Å². The number of aromatic nitrogens is 4. The standard InChI is InChI=1S/C21H21N5O/c1-16-5-6-18-13-23-26(20(18)11-16)9-7-21(27)24-19-4-2-3-17(12-19)14-25-10-8-22-15-25/h2-6,8,10-13,15H,7,9,14H2,1H3,(H,24,27). The van der Waals surface area contributed by atoms with Crippen LogP contribution in [-0.4, -0.2) is 25.2 Å². The number of rotatable bonds is 6. The largest absolute Gasteiger partial charge is 0.333 e. The average Bonchev–Trinajstić information content (AvgIpc) is 3.30. The highest BCUT2D eigenvalue weighted by Crippen LogP contribution is 2.16. The molecule has 0 radical (unpaired) electrons. The van der Waals surface area contributed by atoms with E-state index in [1.807, 2.05) is 45.9 Å². The molecule has 0 atom stereocenters. The highest BCUT2D eigenvalue weighted by atomic mass is 16.1. The van der Waals surface area contributed by atoms with Crippen molar-refractivity contribution in [3.63, 3.8) is 0 Å². The topological polar surface area (TPSA) is 64.7 Å². The molecule has 2 heterocycles. The number of hydrogen-bond donors (Lipinski definition) is 1. The lowest BCUT2D eigenvalue weighted by atomic mass is 10.2. The van der Waals surface area contributed by atoms with Gasteiger partial charge in [0.1, 0.15) is 0 Å². The van der Waals surface area contributed by atoms with Gasteiger partial charge >= 0.3 is 0 Å². The predicted octanol–water partition coefficient (Wildman–Crippen LogP) is 3.62. The van der Waals surface area contributed by atoms with Crippen molar-refractivity contribution in [2.75, 3.05) is 5.32 Å². The van der Waals surface area contributed by atoms with Crippen LogP contribution in [0.1, 0.15) is 17.5 Å². The van der Waals surface area contributed by atoms with Crippen LogP contribution in [0.15, 0.2) is 67.4 Å². The van der Waals surface area contributed by atoms with Gasteiger partial charge in [0.25, 0.3) is 0 Å². The first kappa shape index (κ1) is 17.0. The van der Waals surface area contributed by atoms with Crippen LogP contribution in [0.25, 0.3) is 10.9 Å². The van der Waals surface area contributed by atoms with E-state index in [1.165, 1.54) is 5.56 Å². The quantitative estimate of drug-likeness (QED) is 0.572. The van der Waals surface area contributed by atoms with Gasteiger partial charge in [0.05, 0.1) is 24.6 Å². The molecule has 0 fully saturated rings. The van der Waals surface area contributed by atoms with Gasteiger partial charge in [-0.3, -0.25) is 9.48 Å². The van der Waals surface area contributed by atoms with E-state index in [0.717, 1.165) is 28.7 Å². The molecule has 1 amide bonds. The monoisotopic (exact) mass is 359 g/mol. The number of carbonyl (C=O) groups is 1. The Labute approximate surface area is 157 Å². The van der Waals surface area contributed by atoms with Crippen molar-refractivity contribution in [3.05, 3.63) is 78.5 Å². The molecule has 0 aliphatic heterocycles. The van der Waals surface area contributed by atoms with Crippen LogP contribution in [-0.2, 0) is 17.9 Å². The summed E-state index contributed by atoms with van der Waals surface area (Å²) in [4.78, 5) is 16.4. The molecule has 27 heavy (non-hydrogen) atoms. The van der Waals surface area contributed by atoms with Crippen LogP contribution < -0.4 is 5.32 Å². The number of nitrogens with zero attached hydrogens (tertiary/aromatic N) is 4. The Bertz CT molecular complexity index is 1070. The molecule has 0 aliphatic carbocycles. The first-order chi connectivity index (χ1) is 13.2. The van der Waals surface area contributed by atoms with E-state index in [4.69, 9.17) is 0 Å². The van der Waals surface area contributed by atoms with E-state index in [2.05, 4.69) is 40.5 Å². The second kappa shape index (κ2) is 7.45. The lowest BCUT2D eigenvalue weighted by molar-refractivity contribution is -0.116. The number of fused-ring (bicyclic) bond motifs is 1. The Balaban J connectivity index is 1.38. The number of hydrogen-bond acceptors (Lipinski definition) is 3. The molecule has 0 bridgehead atoms. The summed E-state index contributed by atoms with van der Waals surface area (Å²) in [7, 11) is 0. The molecule has 0 saturated heterocycles. The third kappa shape index (κ3) is 4.06. The van der Waals surface area contributed by atoms with E-state index in [9.17, 15) is 4.79 Å². The Morgan fingerprint density at radius 1 is 1.19 bits per heavy atom. The number of anilines is 1. The molecule has 2 aromatic heterocycles. The van der Waals surface area contributed by atoms with Crippen LogP contribution in [0, 0.1) is 6.92 Å². The van der Waals surface area contributed by atoms with Crippen LogP contribution in [0.4, 0.5) is 5.69 Å². The normalized spacial score (nSPS) is 11.0. The van der Waals surface area contributed by atoms with Gasteiger partial charge in [-0.25, -0.2) is 4.98 Å². The second-order valence-corrected chi connectivity index (χ2v) is 6.66. The molecule has 0 aliphatic rings. The molecule has 4 aromatic rings. The Morgan fingerprint density at radius 2 is 2.11 bits per heavy atom. The fourth-order valence-electron chi connectivity index (χ4n) is 3.13. The van der Waals surface area contributed by atoms with E-state index in [1.54, 1.807) is 12.5 Å². The van der Waals surface area contributed by atoms with E-state index in [0.29, 0.717) is 13.0 Å². The van der Waals surface area contributed by atoms with Crippen molar-refractivity contribution in [3.8, 4) is 0 Å². The highest BCUT2D eigenvalue weighted by Gasteiger charge is 2.07. The van der Waals surface area contributed by atoms with Crippen molar-refractivity contribution in [2.45, 2.75) is 26.4 Å². The van der Waals surface area contributed by atoms with Crippen LogP contribution in [0.2, 0.25) is 0 Å². The number of benzene rings is 2. The van der Waals surface area contributed by atoms with Gasteiger partial charge in [-0.05, 0) is 36.2 Å². The first-order valence-corrected chi connectivity index (χ1v) is 8.94. The maximum absolute atomic E-state index is 12.4. The molecular weight excluding hydrogens is 338 g/mol. The van der Waals surface area contributed by atoms with Crippen LogP contribution >= 0.6 is 0 Å². The fourth-order valence-corrected chi connectivity index (χ4v) is 3.13. The fraction of sp³-hybridized carbons (Fsp3) is 0.190. The van der Waals surface area contributed by atoms with Crippen LogP contribution in [0.5, 0.6) is 0 Å². The maximum atomic E-state index is 12.4. The molecule has 4 rings (SSSR count). The highest BCUT2D eigenvalue weighted by molar-refractivity contribution is 5.90. The zero-order valence-electron chi connectivity index (χ0n) is 15.2. The third-order valence-electron chi connectivity index (χ3n) is 4.49. The zero-order valence-corrected chi connectivity index (χ0v) is 15.2. The lowest BCUT2D eigenvalue weighted by Gasteiger charge is -2.09. The number of nitrogens with one attached hydrogen (secondary N) is 1. The number of imidazole rings is 1. The molecule has 136 valence electrons. The van der Waals surface area contributed by atoms with E-state index >= 15 is 0 Å². The van der Waals surface area contributed by atoms with Gasteiger partial charge in [0, 0.05) is 36.4 Å². The van der Waals surface area contributed by atoms with Crippen molar-refractivity contribution in [1.29, 1.82) is 0 Å². The van der Waals surface area contributed by atoms with Crippen molar-refractivity contribution < 1.29 is 4.79 Å². The van der Waals surface area contributed by atoms with Crippen molar-refractivity contribution >= 4 is 22.5 Å². The van der Waals surface area contributed by atoms with Gasteiger partial charge in [0.15, 0.2) is 0 Å². The van der Waals surface area contributed by atoms with Gasteiger partial charge in [0.2, 0.25) is 5.91 Å². The molecule has 0 spiro atoms. The molecule has 6 heteroatoms. The molecule has 0 unspecified atom stereocenters. The summed E-state index contributed by atoms with van der Waals surface area (Å²) < 4.78 is 3.88. The SMILES string of the molecule is Cc1ccc2cnn(CCC(=O)Nc3cccc(Cn4ccnc4)c3)c2c1. The van der Waals surface area contributed by atoms with Crippen molar-refractivity contribution in [1.82, 2.24) is 19.3 Å². The molecule has 0 saturated carbocycles. The molecular formula is C21H21N5O. The van der Waals surface area contributed by atoms with E-state index < -0.39 is 0 Å². The Kier molecular flexibility index (Phi) is 4.70.